The Labute approximate surface area is 215 Å². The molecule has 0 aromatic heterocycles. The first-order chi connectivity index (χ1) is 17.7. The smallest absolute Gasteiger partial charge is 0.416 e. The summed E-state index contributed by atoms with van der Waals surface area (Å²) in [5.41, 5.74) is 0.688. The van der Waals surface area contributed by atoms with Crippen LogP contribution in [0.4, 0.5) is 22.0 Å². The predicted molar refractivity (Wildman–Crippen MR) is 137 cm³/mol. The van der Waals surface area contributed by atoms with Gasteiger partial charge in [0, 0.05) is 11.1 Å². The molecule has 0 amide bonds. The van der Waals surface area contributed by atoms with Crippen LogP contribution in [-0.4, -0.2) is 0 Å². The van der Waals surface area contributed by atoms with Crippen LogP contribution in [-0.2, 0) is 6.18 Å². The lowest BCUT2D eigenvalue weighted by atomic mass is 9.76. The molecule has 4 rings (SSSR count). The monoisotopic (exact) mass is 516 g/mol. The average molecular weight is 517 g/mol. The summed E-state index contributed by atoms with van der Waals surface area (Å²) in [6.45, 7) is 3.78. The largest absolute Gasteiger partial charge is 0.453 e. The minimum absolute atomic E-state index is 0.0409. The third-order valence-electron chi connectivity index (χ3n) is 7.49. The second-order valence-corrected chi connectivity index (χ2v) is 10.1. The molecule has 1 saturated carbocycles. The first-order valence-corrected chi connectivity index (χ1v) is 13.1. The maximum Gasteiger partial charge on any atom is 0.416 e. The summed E-state index contributed by atoms with van der Waals surface area (Å²) in [7, 11) is 0. The normalized spacial score (nSPS) is 18.1. The van der Waals surface area contributed by atoms with E-state index in [4.69, 9.17) is 4.74 Å². The summed E-state index contributed by atoms with van der Waals surface area (Å²) in [4.78, 5) is 0. The zero-order valence-electron chi connectivity index (χ0n) is 21.3. The van der Waals surface area contributed by atoms with Crippen molar-refractivity contribution in [2.24, 2.45) is 5.92 Å². The zero-order chi connectivity index (χ0) is 26.6. The van der Waals surface area contributed by atoms with Gasteiger partial charge in [-0.2, -0.15) is 13.2 Å². The summed E-state index contributed by atoms with van der Waals surface area (Å²) in [6, 6.07) is 12.8. The third kappa shape index (κ3) is 6.34. The molecular weight excluding hydrogens is 483 g/mol. The highest BCUT2D eigenvalue weighted by molar-refractivity contribution is 5.71. The first-order valence-electron chi connectivity index (χ1n) is 13.1. The van der Waals surface area contributed by atoms with Crippen molar-refractivity contribution in [2.45, 2.75) is 77.3 Å². The van der Waals surface area contributed by atoms with Gasteiger partial charge < -0.3 is 4.74 Å². The van der Waals surface area contributed by atoms with Crippen molar-refractivity contribution < 1.29 is 26.7 Å². The highest BCUT2D eigenvalue weighted by Gasteiger charge is 2.31. The van der Waals surface area contributed by atoms with Crippen molar-refractivity contribution in [1.29, 1.82) is 0 Å². The van der Waals surface area contributed by atoms with Crippen molar-refractivity contribution in [3.63, 3.8) is 0 Å². The standard InChI is InChI=1S/C31H33F5O/c1-3-4-5-8-21-11-13-23(14-12-21)28-26(32)19-20(2)30(29(28)33)37-27-10-7-6-9-25(27)22-15-17-24(18-16-22)31(34,35)36/h6-7,9-10,15-19,21,23H,3-5,8,11-14H2,1-2H3/t21-,23-. The van der Waals surface area contributed by atoms with E-state index in [0.717, 1.165) is 37.8 Å². The van der Waals surface area contributed by atoms with Crippen molar-refractivity contribution in [3.8, 4) is 22.6 Å². The van der Waals surface area contributed by atoms with E-state index in [1.807, 2.05) is 0 Å². The Bertz CT molecular complexity index is 1190. The number of para-hydroxylation sites is 1. The molecule has 1 fully saturated rings. The molecule has 37 heavy (non-hydrogen) atoms. The van der Waals surface area contributed by atoms with Gasteiger partial charge in [-0.25, -0.2) is 8.78 Å². The summed E-state index contributed by atoms with van der Waals surface area (Å²) >= 11 is 0. The Morgan fingerprint density at radius 2 is 1.57 bits per heavy atom. The van der Waals surface area contributed by atoms with E-state index in [-0.39, 0.29) is 17.2 Å². The van der Waals surface area contributed by atoms with Crippen molar-refractivity contribution in [1.82, 2.24) is 0 Å². The number of halogens is 5. The molecule has 0 aliphatic heterocycles. The van der Waals surface area contributed by atoms with Crippen molar-refractivity contribution in [2.75, 3.05) is 0 Å². The number of hydrogen-bond acceptors (Lipinski definition) is 1. The van der Waals surface area contributed by atoms with Gasteiger partial charge in [0.2, 0.25) is 0 Å². The fourth-order valence-electron chi connectivity index (χ4n) is 5.40. The number of alkyl halides is 3. The Kier molecular flexibility index (Phi) is 8.56. The van der Waals surface area contributed by atoms with E-state index in [2.05, 4.69) is 6.92 Å². The molecule has 0 atom stereocenters. The number of hydrogen-bond donors (Lipinski definition) is 0. The van der Waals surface area contributed by atoms with Crippen LogP contribution in [0.25, 0.3) is 11.1 Å². The van der Waals surface area contributed by atoms with Crippen LogP contribution in [0.2, 0.25) is 0 Å². The van der Waals surface area contributed by atoms with Crippen molar-refractivity contribution in [3.05, 3.63) is 82.9 Å². The number of aryl methyl sites for hydroxylation is 1. The summed E-state index contributed by atoms with van der Waals surface area (Å²) < 4.78 is 75.9. The molecule has 1 nitrogen and oxygen atoms in total. The lowest BCUT2D eigenvalue weighted by Crippen LogP contribution is -2.16. The van der Waals surface area contributed by atoms with Crippen LogP contribution >= 0.6 is 0 Å². The van der Waals surface area contributed by atoms with Gasteiger partial charge in [-0.15, -0.1) is 0 Å². The molecule has 0 spiro atoms. The van der Waals surface area contributed by atoms with Gasteiger partial charge in [0.25, 0.3) is 0 Å². The van der Waals surface area contributed by atoms with Crippen molar-refractivity contribution >= 4 is 0 Å². The van der Waals surface area contributed by atoms with Gasteiger partial charge >= 0.3 is 6.18 Å². The van der Waals surface area contributed by atoms with Gasteiger partial charge in [-0.05, 0) is 79.8 Å². The van der Waals surface area contributed by atoms with Crippen LogP contribution in [0.15, 0.2) is 54.6 Å². The summed E-state index contributed by atoms with van der Waals surface area (Å²) in [5, 5.41) is 0. The average Bonchev–Trinajstić information content (AvgIpc) is 2.87. The van der Waals surface area contributed by atoms with Crippen LogP contribution in [0.3, 0.4) is 0 Å². The van der Waals surface area contributed by atoms with Gasteiger partial charge in [0.1, 0.15) is 11.6 Å². The summed E-state index contributed by atoms with van der Waals surface area (Å²) in [5.74, 6) is -0.564. The molecule has 3 aromatic carbocycles. The Balaban J connectivity index is 1.58. The van der Waals surface area contributed by atoms with E-state index in [1.165, 1.54) is 43.9 Å². The lowest BCUT2D eigenvalue weighted by Gasteiger charge is -2.30. The predicted octanol–water partition coefficient (Wildman–Crippen LogP) is 10.6. The van der Waals surface area contributed by atoms with Gasteiger partial charge in [-0.3, -0.25) is 0 Å². The van der Waals surface area contributed by atoms with Crippen LogP contribution in [0, 0.1) is 24.5 Å². The van der Waals surface area contributed by atoms with Crippen LogP contribution < -0.4 is 4.74 Å². The molecule has 198 valence electrons. The fraction of sp³-hybridized carbons (Fsp3) is 0.419. The lowest BCUT2D eigenvalue weighted by molar-refractivity contribution is -0.137. The maximum absolute atomic E-state index is 15.8. The molecule has 1 aliphatic carbocycles. The number of rotatable bonds is 8. The second-order valence-electron chi connectivity index (χ2n) is 10.1. The molecule has 1 aliphatic rings. The van der Waals surface area contributed by atoms with Gasteiger partial charge in [0.05, 0.1) is 5.56 Å². The number of unbranched alkanes of at least 4 members (excludes halogenated alkanes) is 2. The van der Waals surface area contributed by atoms with Gasteiger partial charge in [-0.1, -0.05) is 62.9 Å². The first kappa shape index (κ1) is 27.2. The Morgan fingerprint density at radius 3 is 2.22 bits per heavy atom. The van der Waals surface area contributed by atoms with Gasteiger partial charge in [0.15, 0.2) is 11.6 Å². The zero-order valence-corrected chi connectivity index (χ0v) is 21.3. The molecule has 0 saturated heterocycles. The highest BCUT2D eigenvalue weighted by atomic mass is 19.4. The van der Waals surface area contributed by atoms with Crippen LogP contribution in [0.1, 0.15) is 80.9 Å². The fourth-order valence-corrected chi connectivity index (χ4v) is 5.40. The third-order valence-corrected chi connectivity index (χ3v) is 7.49. The topological polar surface area (TPSA) is 9.23 Å². The highest BCUT2D eigenvalue weighted by Crippen LogP contribution is 2.44. The molecule has 0 unspecified atom stereocenters. The summed E-state index contributed by atoms with van der Waals surface area (Å²) in [6.07, 6.45) is 3.76. The molecular formula is C31H33F5O. The molecule has 6 heteroatoms. The minimum Gasteiger partial charge on any atom is -0.453 e. The Hall–Kier alpha value is -2.89. The minimum atomic E-state index is -4.44. The Morgan fingerprint density at radius 1 is 0.892 bits per heavy atom. The SMILES string of the molecule is CCCCC[C@H]1CC[C@H](c2c(F)cc(C)c(Oc3ccccc3-c3ccc(C(F)(F)F)cc3)c2F)CC1. The van der Waals surface area contributed by atoms with E-state index >= 15 is 8.78 Å². The molecule has 3 aromatic rings. The second kappa shape index (κ2) is 11.7. The van der Waals surface area contributed by atoms with E-state index in [9.17, 15) is 13.2 Å². The quantitative estimate of drug-likeness (QED) is 0.214. The maximum atomic E-state index is 15.8. The number of ether oxygens (including phenoxy) is 1. The van der Waals surface area contributed by atoms with E-state index in [0.29, 0.717) is 28.4 Å². The van der Waals surface area contributed by atoms with Crippen LogP contribution in [0.5, 0.6) is 11.5 Å². The molecule has 0 N–H and O–H groups in total. The van der Waals surface area contributed by atoms with E-state index in [1.54, 1.807) is 31.2 Å². The molecule has 0 radical (unpaired) electrons. The number of benzene rings is 3. The molecule has 0 heterocycles. The molecule has 0 bridgehead atoms. The van der Waals surface area contributed by atoms with E-state index < -0.39 is 23.4 Å².